The number of aromatic hydroxyl groups is 1. The summed E-state index contributed by atoms with van der Waals surface area (Å²) in [6.45, 7) is 0. The van der Waals surface area contributed by atoms with E-state index in [0.717, 1.165) is 11.1 Å². The second-order valence-electron chi connectivity index (χ2n) is 5.90. The van der Waals surface area contributed by atoms with E-state index in [4.69, 9.17) is 9.84 Å². The molecule has 1 heterocycles. The Morgan fingerprint density at radius 3 is 2.73 bits per heavy atom. The van der Waals surface area contributed by atoms with Gasteiger partial charge in [-0.15, -0.1) is 0 Å². The zero-order valence-corrected chi connectivity index (χ0v) is 14.1. The average molecular weight is 349 g/mol. The number of ether oxygens (including phenoxy) is 1. The van der Waals surface area contributed by atoms with Gasteiger partial charge in [0.15, 0.2) is 0 Å². The maximum Gasteiger partial charge on any atom is 0.303 e. The van der Waals surface area contributed by atoms with Crippen molar-refractivity contribution in [3.8, 4) is 22.9 Å². The molecule has 5 heteroatoms. The average Bonchev–Trinajstić information content (AvgIpc) is 2.66. The molecule has 132 valence electrons. The van der Waals surface area contributed by atoms with Crippen LogP contribution in [-0.4, -0.2) is 21.2 Å². The molecule has 5 nitrogen and oxygen atoms in total. The van der Waals surface area contributed by atoms with E-state index >= 15 is 0 Å². The Morgan fingerprint density at radius 1 is 1.15 bits per heavy atom. The van der Waals surface area contributed by atoms with E-state index < -0.39 is 5.97 Å². The minimum absolute atomic E-state index is 0.134. The van der Waals surface area contributed by atoms with Crippen LogP contribution < -0.4 is 4.74 Å². The van der Waals surface area contributed by atoms with Crippen LogP contribution in [0.5, 0.6) is 11.6 Å². The third-order valence-corrected chi connectivity index (χ3v) is 3.97. The lowest BCUT2D eigenvalue weighted by Gasteiger charge is -2.09. The molecule has 3 rings (SSSR count). The fraction of sp³-hybridized carbons (Fsp3) is 0.143. The van der Waals surface area contributed by atoms with Crippen molar-refractivity contribution in [3.63, 3.8) is 0 Å². The van der Waals surface area contributed by atoms with Crippen LogP contribution in [-0.2, 0) is 4.79 Å². The summed E-state index contributed by atoms with van der Waals surface area (Å²) in [5.41, 5.74) is 3.27. The SMILES string of the molecule is O=C(O)CCC1=CCC(=COc2cccc(-c3ccccc3O)n2)C=C1. The minimum atomic E-state index is -0.792. The largest absolute Gasteiger partial charge is 0.507 e. The van der Waals surface area contributed by atoms with Gasteiger partial charge in [0.2, 0.25) is 5.88 Å². The highest BCUT2D eigenvalue weighted by Gasteiger charge is 2.07. The first-order valence-electron chi connectivity index (χ1n) is 8.32. The zero-order chi connectivity index (χ0) is 18.4. The van der Waals surface area contributed by atoms with Gasteiger partial charge in [0.05, 0.1) is 12.0 Å². The number of pyridine rings is 1. The van der Waals surface area contributed by atoms with Crippen molar-refractivity contribution in [2.24, 2.45) is 0 Å². The standard InChI is InChI=1S/C21H19NO4/c23-19-6-2-1-4-17(19)18-5-3-7-20(22-18)26-14-16-10-8-15(9-11-16)12-13-21(24)25/h1-10,14,23H,11-13H2,(H,24,25). The molecular formula is C21H19NO4. The van der Waals surface area contributed by atoms with Crippen LogP contribution in [0.15, 0.2) is 78.1 Å². The molecule has 0 amide bonds. The first kappa shape index (κ1) is 17.5. The van der Waals surface area contributed by atoms with Crippen molar-refractivity contribution >= 4 is 5.97 Å². The lowest BCUT2D eigenvalue weighted by atomic mass is 10.00. The highest BCUT2D eigenvalue weighted by Crippen LogP contribution is 2.28. The fourth-order valence-electron chi connectivity index (χ4n) is 2.58. The van der Waals surface area contributed by atoms with Gasteiger partial charge in [0.25, 0.3) is 0 Å². The molecule has 0 saturated heterocycles. The Morgan fingerprint density at radius 2 is 2.00 bits per heavy atom. The van der Waals surface area contributed by atoms with Gasteiger partial charge < -0.3 is 14.9 Å². The van der Waals surface area contributed by atoms with Crippen LogP contribution in [0.2, 0.25) is 0 Å². The maximum atomic E-state index is 10.6. The van der Waals surface area contributed by atoms with E-state index in [1.54, 1.807) is 30.5 Å². The third-order valence-electron chi connectivity index (χ3n) is 3.97. The minimum Gasteiger partial charge on any atom is -0.507 e. The van der Waals surface area contributed by atoms with E-state index in [0.29, 0.717) is 30.0 Å². The van der Waals surface area contributed by atoms with Crippen LogP contribution in [0.4, 0.5) is 0 Å². The number of rotatable bonds is 6. The molecular weight excluding hydrogens is 330 g/mol. The maximum absolute atomic E-state index is 10.6. The smallest absolute Gasteiger partial charge is 0.303 e. The summed E-state index contributed by atoms with van der Waals surface area (Å²) in [7, 11) is 0. The molecule has 1 aliphatic carbocycles. The number of carboxylic acid groups (broad SMARTS) is 1. The molecule has 0 spiro atoms. The molecule has 1 aromatic carbocycles. The summed E-state index contributed by atoms with van der Waals surface area (Å²) in [5.74, 6) is -0.184. The number of phenols is 1. The lowest BCUT2D eigenvalue weighted by molar-refractivity contribution is -0.136. The molecule has 1 aliphatic rings. The van der Waals surface area contributed by atoms with Crippen molar-refractivity contribution in [2.45, 2.75) is 19.3 Å². The summed E-state index contributed by atoms with van der Waals surface area (Å²) >= 11 is 0. The zero-order valence-electron chi connectivity index (χ0n) is 14.1. The number of allylic oxidation sites excluding steroid dienone is 5. The number of hydrogen-bond donors (Lipinski definition) is 2. The third kappa shape index (κ3) is 4.60. The normalized spacial score (nSPS) is 14.9. The number of carboxylic acids is 1. The number of phenolic OH excluding ortho intramolecular Hbond substituents is 1. The van der Waals surface area contributed by atoms with Crippen molar-refractivity contribution in [2.75, 3.05) is 0 Å². The van der Waals surface area contributed by atoms with E-state index in [1.807, 2.05) is 36.4 Å². The molecule has 0 fully saturated rings. The van der Waals surface area contributed by atoms with E-state index in [2.05, 4.69) is 4.98 Å². The van der Waals surface area contributed by atoms with E-state index in [9.17, 15) is 9.90 Å². The van der Waals surface area contributed by atoms with E-state index in [-0.39, 0.29) is 12.2 Å². The first-order chi connectivity index (χ1) is 12.6. The number of benzene rings is 1. The predicted octanol–water partition coefficient (Wildman–Crippen LogP) is 4.47. The van der Waals surface area contributed by atoms with Gasteiger partial charge in [0, 0.05) is 18.1 Å². The number of aliphatic carboxylic acids is 1. The molecule has 1 aromatic heterocycles. The van der Waals surface area contributed by atoms with Crippen LogP contribution in [0, 0.1) is 0 Å². The van der Waals surface area contributed by atoms with Gasteiger partial charge in [-0.25, -0.2) is 4.98 Å². The predicted molar refractivity (Wildman–Crippen MR) is 98.8 cm³/mol. The van der Waals surface area contributed by atoms with Crippen molar-refractivity contribution in [1.29, 1.82) is 0 Å². The molecule has 0 saturated carbocycles. The summed E-state index contributed by atoms with van der Waals surface area (Å²) in [6, 6.07) is 12.4. The second-order valence-corrected chi connectivity index (χ2v) is 5.90. The molecule has 0 unspecified atom stereocenters. The monoisotopic (exact) mass is 349 g/mol. The number of para-hydroxylation sites is 1. The summed E-state index contributed by atoms with van der Waals surface area (Å²) in [5, 5.41) is 18.7. The van der Waals surface area contributed by atoms with Crippen molar-refractivity contribution < 1.29 is 19.7 Å². The fourth-order valence-corrected chi connectivity index (χ4v) is 2.58. The number of carbonyl (C=O) groups is 1. The van der Waals surface area contributed by atoms with Crippen molar-refractivity contribution in [1.82, 2.24) is 4.98 Å². The lowest BCUT2D eigenvalue weighted by Crippen LogP contribution is -1.97. The number of aromatic nitrogens is 1. The quantitative estimate of drug-likeness (QED) is 0.752. The van der Waals surface area contributed by atoms with Crippen LogP contribution in [0.25, 0.3) is 11.3 Å². The van der Waals surface area contributed by atoms with Gasteiger partial charge in [-0.1, -0.05) is 42.0 Å². The van der Waals surface area contributed by atoms with Crippen LogP contribution in [0.3, 0.4) is 0 Å². The van der Waals surface area contributed by atoms with Crippen molar-refractivity contribution in [3.05, 3.63) is 78.1 Å². The molecule has 26 heavy (non-hydrogen) atoms. The number of nitrogens with zero attached hydrogens (tertiary/aromatic N) is 1. The van der Waals surface area contributed by atoms with Gasteiger partial charge in [-0.05, 0) is 36.6 Å². The Kier molecular flexibility index (Phi) is 5.49. The Balaban J connectivity index is 1.65. The Labute approximate surface area is 151 Å². The molecule has 2 aromatic rings. The molecule has 0 atom stereocenters. The highest BCUT2D eigenvalue weighted by atomic mass is 16.5. The molecule has 0 bridgehead atoms. The summed E-state index contributed by atoms with van der Waals surface area (Å²) < 4.78 is 5.65. The summed E-state index contributed by atoms with van der Waals surface area (Å²) in [6.07, 6.45) is 8.82. The van der Waals surface area contributed by atoms with Crippen LogP contribution >= 0.6 is 0 Å². The number of hydrogen-bond acceptors (Lipinski definition) is 4. The van der Waals surface area contributed by atoms with E-state index in [1.165, 1.54) is 0 Å². The molecule has 0 aliphatic heterocycles. The van der Waals surface area contributed by atoms with Gasteiger partial charge in [0.1, 0.15) is 5.75 Å². The Hall–Kier alpha value is -3.34. The van der Waals surface area contributed by atoms with Crippen LogP contribution in [0.1, 0.15) is 19.3 Å². The second kappa shape index (κ2) is 8.16. The Bertz CT molecular complexity index is 896. The topological polar surface area (TPSA) is 79.7 Å². The molecule has 0 radical (unpaired) electrons. The van der Waals surface area contributed by atoms with Gasteiger partial charge in [-0.2, -0.15) is 0 Å². The first-order valence-corrected chi connectivity index (χ1v) is 8.32. The van der Waals surface area contributed by atoms with Gasteiger partial charge in [-0.3, -0.25) is 4.79 Å². The highest BCUT2D eigenvalue weighted by molar-refractivity contribution is 5.67. The summed E-state index contributed by atoms with van der Waals surface area (Å²) in [4.78, 5) is 15.0. The molecule has 2 N–H and O–H groups in total. The van der Waals surface area contributed by atoms with Gasteiger partial charge >= 0.3 is 5.97 Å².